The third-order valence-corrected chi connectivity index (χ3v) is 3.65. The monoisotopic (exact) mass is 304 g/mol. The maximum Gasteiger partial charge on any atom is 0.160 e. The van der Waals surface area contributed by atoms with Crippen LogP contribution in [0.1, 0.15) is 24.3 Å². The minimum Gasteiger partial charge on any atom is -0.316 e. The molecule has 0 spiro atoms. The quantitative estimate of drug-likeness (QED) is 0.678. The molecular formula is C14H17ClN6. The van der Waals surface area contributed by atoms with Gasteiger partial charge in [0.2, 0.25) is 0 Å². The molecule has 0 bridgehead atoms. The zero-order valence-electron chi connectivity index (χ0n) is 12.1. The van der Waals surface area contributed by atoms with Crippen LogP contribution in [0.15, 0.2) is 18.5 Å². The smallest absolute Gasteiger partial charge is 0.160 e. The molecule has 3 rings (SSSR count). The summed E-state index contributed by atoms with van der Waals surface area (Å²) in [6.45, 7) is 5.49. The number of pyridine rings is 1. The Hall–Kier alpha value is -1.95. The van der Waals surface area contributed by atoms with Crippen molar-refractivity contribution in [2.24, 2.45) is 0 Å². The molecule has 110 valence electrons. The fourth-order valence-corrected chi connectivity index (χ4v) is 2.56. The maximum atomic E-state index is 5.90. The van der Waals surface area contributed by atoms with Crippen LogP contribution in [0.2, 0.25) is 0 Å². The van der Waals surface area contributed by atoms with E-state index in [1.165, 1.54) is 0 Å². The van der Waals surface area contributed by atoms with Gasteiger partial charge in [0, 0.05) is 24.5 Å². The number of hydrogen-bond acceptors (Lipinski definition) is 4. The van der Waals surface area contributed by atoms with Gasteiger partial charge in [-0.2, -0.15) is 0 Å². The van der Waals surface area contributed by atoms with Crippen LogP contribution >= 0.6 is 11.6 Å². The van der Waals surface area contributed by atoms with E-state index in [0.29, 0.717) is 18.8 Å². The Kier molecular flexibility index (Phi) is 3.88. The van der Waals surface area contributed by atoms with Crippen LogP contribution in [-0.2, 0) is 19.5 Å². The molecule has 6 nitrogen and oxygen atoms in total. The van der Waals surface area contributed by atoms with Crippen molar-refractivity contribution in [1.82, 2.24) is 29.3 Å². The SMILES string of the molecule is CCn1cnnc1Cn1c(CCCl)nc2ccc(C)nc21. The lowest BCUT2D eigenvalue weighted by atomic mass is 10.3. The van der Waals surface area contributed by atoms with Crippen LogP contribution in [-0.4, -0.2) is 35.2 Å². The Balaban J connectivity index is 2.10. The van der Waals surface area contributed by atoms with Gasteiger partial charge in [-0.3, -0.25) is 0 Å². The lowest BCUT2D eigenvalue weighted by Crippen LogP contribution is -2.11. The van der Waals surface area contributed by atoms with E-state index in [4.69, 9.17) is 11.6 Å². The average Bonchev–Trinajstić information content (AvgIpc) is 3.05. The van der Waals surface area contributed by atoms with Crippen molar-refractivity contribution in [3.05, 3.63) is 35.8 Å². The summed E-state index contributed by atoms with van der Waals surface area (Å²) in [5, 5.41) is 8.18. The molecule has 0 saturated heterocycles. The molecule has 0 N–H and O–H groups in total. The van der Waals surface area contributed by atoms with E-state index in [0.717, 1.165) is 35.1 Å². The summed E-state index contributed by atoms with van der Waals surface area (Å²) in [5.74, 6) is 2.36. The highest BCUT2D eigenvalue weighted by Crippen LogP contribution is 2.17. The number of rotatable bonds is 5. The van der Waals surface area contributed by atoms with Gasteiger partial charge in [0.05, 0.1) is 6.54 Å². The standard InChI is InChI=1S/C14H17ClN6/c1-3-20-9-16-19-13(20)8-21-12(6-7-15)18-11-5-4-10(2)17-14(11)21/h4-5,9H,3,6-8H2,1-2H3. The largest absolute Gasteiger partial charge is 0.316 e. The third kappa shape index (κ3) is 2.63. The fourth-order valence-electron chi connectivity index (χ4n) is 2.39. The molecule has 0 aliphatic heterocycles. The zero-order valence-corrected chi connectivity index (χ0v) is 12.9. The summed E-state index contributed by atoms with van der Waals surface area (Å²) in [5.41, 5.74) is 2.74. The van der Waals surface area contributed by atoms with Crippen LogP contribution in [0.4, 0.5) is 0 Å². The van der Waals surface area contributed by atoms with Gasteiger partial charge in [0.1, 0.15) is 17.7 Å². The highest BCUT2D eigenvalue weighted by molar-refractivity contribution is 6.17. The molecule has 0 aromatic carbocycles. The Labute approximate surface area is 127 Å². The Morgan fingerprint density at radius 2 is 2.05 bits per heavy atom. The number of nitrogens with zero attached hydrogens (tertiary/aromatic N) is 6. The van der Waals surface area contributed by atoms with Gasteiger partial charge in [-0.25, -0.2) is 9.97 Å². The molecule has 0 aliphatic carbocycles. The van der Waals surface area contributed by atoms with Crippen molar-refractivity contribution in [1.29, 1.82) is 0 Å². The molecule has 0 amide bonds. The Morgan fingerprint density at radius 1 is 1.19 bits per heavy atom. The lowest BCUT2D eigenvalue weighted by molar-refractivity contribution is 0.640. The first-order chi connectivity index (χ1) is 10.2. The Morgan fingerprint density at radius 3 is 2.81 bits per heavy atom. The Bertz CT molecular complexity index is 760. The van der Waals surface area contributed by atoms with Gasteiger partial charge >= 0.3 is 0 Å². The predicted octanol–water partition coefficient (Wildman–Crippen LogP) is 2.18. The van der Waals surface area contributed by atoms with Gasteiger partial charge in [0.15, 0.2) is 11.5 Å². The first-order valence-electron chi connectivity index (χ1n) is 6.98. The number of aromatic nitrogens is 6. The molecule has 0 aliphatic rings. The van der Waals surface area contributed by atoms with Crippen molar-refractivity contribution >= 4 is 22.8 Å². The van der Waals surface area contributed by atoms with Gasteiger partial charge in [-0.1, -0.05) is 0 Å². The maximum absolute atomic E-state index is 5.90. The van der Waals surface area contributed by atoms with Crippen molar-refractivity contribution in [3.8, 4) is 0 Å². The summed E-state index contributed by atoms with van der Waals surface area (Å²) >= 11 is 5.90. The van der Waals surface area contributed by atoms with Gasteiger partial charge in [-0.05, 0) is 26.0 Å². The number of fused-ring (bicyclic) bond motifs is 1. The minimum atomic E-state index is 0.531. The molecule has 0 atom stereocenters. The molecule has 3 aromatic rings. The van der Waals surface area contributed by atoms with Gasteiger partial charge < -0.3 is 9.13 Å². The first kappa shape index (κ1) is 14.0. The highest BCUT2D eigenvalue weighted by Gasteiger charge is 2.14. The van der Waals surface area contributed by atoms with Crippen LogP contribution in [0.3, 0.4) is 0 Å². The van der Waals surface area contributed by atoms with Crippen molar-refractivity contribution in [2.45, 2.75) is 33.4 Å². The topological polar surface area (TPSA) is 61.4 Å². The fraction of sp³-hybridized carbons (Fsp3) is 0.429. The van der Waals surface area contributed by atoms with Gasteiger partial charge in [0.25, 0.3) is 0 Å². The number of halogens is 1. The van der Waals surface area contributed by atoms with Crippen molar-refractivity contribution in [3.63, 3.8) is 0 Å². The summed E-state index contributed by atoms with van der Waals surface area (Å²) in [4.78, 5) is 9.25. The van der Waals surface area contributed by atoms with E-state index < -0.39 is 0 Å². The summed E-state index contributed by atoms with van der Waals surface area (Å²) < 4.78 is 4.10. The van der Waals surface area contributed by atoms with E-state index in [9.17, 15) is 0 Å². The average molecular weight is 305 g/mol. The predicted molar refractivity (Wildman–Crippen MR) is 81.5 cm³/mol. The van der Waals surface area contributed by atoms with Crippen LogP contribution < -0.4 is 0 Å². The first-order valence-corrected chi connectivity index (χ1v) is 7.51. The molecule has 21 heavy (non-hydrogen) atoms. The van der Waals surface area contributed by atoms with Crippen LogP contribution in [0.25, 0.3) is 11.2 Å². The van der Waals surface area contributed by atoms with Gasteiger partial charge in [-0.15, -0.1) is 21.8 Å². The minimum absolute atomic E-state index is 0.531. The third-order valence-electron chi connectivity index (χ3n) is 3.46. The second-order valence-electron chi connectivity index (χ2n) is 4.88. The summed E-state index contributed by atoms with van der Waals surface area (Å²) in [7, 11) is 0. The number of alkyl halides is 1. The molecule has 3 aromatic heterocycles. The molecule has 0 saturated carbocycles. The van der Waals surface area contributed by atoms with Crippen molar-refractivity contribution in [2.75, 3.05) is 5.88 Å². The van der Waals surface area contributed by atoms with Crippen LogP contribution in [0.5, 0.6) is 0 Å². The molecule has 0 unspecified atom stereocenters. The molecule has 3 heterocycles. The number of aryl methyl sites for hydroxylation is 3. The lowest BCUT2D eigenvalue weighted by Gasteiger charge is -2.08. The summed E-state index contributed by atoms with van der Waals surface area (Å²) in [6.07, 6.45) is 2.45. The molecular weight excluding hydrogens is 288 g/mol. The van der Waals surface area contributed by atoms with Crippen molar-refractivity contribution < 1.29 is 0 Å². The highest BCUT2D eigenvalue weighted by atomic mass is 35.5. The van der Waals surface area contributed by atoms with E-state index in [1.807, 2.05) is 23.6 Å². The van der Waals surface area contributed by atoms with E-state index in [1.54, 1.807) is 6.33 Å². The molecule has 0 fully saturated rings. The van der Waals surface area contributed by atoms with E-state index >= 15 is 0 Å². The van der Waals surface area contributed by atoms with E-state index in [2.05, 4.69) is 31.7 Å². The number of hydrogen-bond donors (Lipinski definition) is 0. The molecule has 0 radical (unpaired) electrons. The normalized spacial score (nSPS) is 11.4. The summed E-state index contributed by atoms with van der Waals surface area (Å²) in [6, 6.07) is 3.97. The second-order valence-corrected chi connectivity index (χ2v) is 5.26. The van der Waals surface area contributed by atoms with E-state index in [-0.39, 0.29) is 0 Å². The number of imidazole rings is 1. The second kappa shape index (κ2) is 5.81. The molecule has 7 heteroatoms. The zero-order chi connectivity index (χ0) is 14.8. The van der Waals surface area contributed by atoms with Crippen LogP contribution in [0, 0.1) is 6.92 Å².